The first-order valence-electron chi connectivity index (χ1n) is 3.02. The predicted molar refractivity (Wildman–Crippen MR) is 45.5 cm³/mol. The molecule has 1 rings (SSSR count). The standard InChI is InChI=1S/C7H10S2/c1-3-8-7-5-4-6(2)9-7/h4-5H,3H2,1-2H3. The molecule has 0 saturated heterocycles. The molecule has 9 heavy (non-hydrogen) atoms. The van der Waals surface area contributed by atoms with Gasteiger partial charge in [-0.1, -0.05) is 6.92 Å². The van der Waals surface area contributed by atoms with Crippen molar-refractivity contribution in [3.05, 3.63) is 17.0 Å². The predicted octanol–water partition coefficient (Wildman–Crippen LogP) is 3.17. The SMILES string of the molecule is CCSc1ccc(C)s1. The van der Waals surface area contributed by atoms with Crippen LogP contribution in [0.1, 0.15) is 11.8 Å². The van der Waals surface area contributed by atoms with Crippen LogP contribution in [-0.2, 0) is 0 Å². The van der Waals surface area contributed by atoms with Crippen LogP contribution >= 0.6 is 23.1 Å². The van der Waals surface area contributed by atoms with Gasteiger partial charge in [-0.2, -0.15) is 0 Å². The van der Waals surface area contributed by atoms with Crippen LogP contribution in [0.15, 0.2) is 16.3 Å². The van der Waals surface area contributed by atoms with Crippen molar-refractivity contribution < 1.29 is 0 Å². The molecule has 2 heteroatoms. The van der Waals surface area contributed by atoms with Gasteiger partial charge in [-0.05, 0) is 24.8 Å². The fourth-order valence-electron chi connectivity index (χ4n) is 0.632. The Morgan fingerprint density at radius 1 is 1.56 bits per heavy atom. The highest BCUT2D eigenvalue weighted by molar-refractivity contribution is 8.01. The van der Waals surface area contributed by atoms with Crippen molar-refractivity contribution in [1.29, 1.82) is 0 Å². The van der Waals surface area contributed by atoms with Gasteiger partial charge >= 0.3 is 0 Å². The average molecular weight is 158 g/mol. The van der Waals surface area contributed by atoms with E-state index in [2.05, 4.69) is 26.0 Å². The van der Waals surface area contributed by atoms with E-state index >= 15 is 0 Å². The van der Waals surface area contributed by atoms with E-state index in [-0.39, 0.29) is 0 Å². The highest BCUT2D eigenvalue weighted by Gasteiger charge is 1.92. The molecule has 1 heterocycles. The van der Waals surface area contributed by atoms with Crippen molar-refractivity contribution >= 4 is 23.1 Å². The molecular formula is C7H10S2. The molecule has 0 fully saturated rings. The molecule has 0 amide bonds. The monoisotopic (exact) mass is 158 g/mol. The van der Waals surface area contributed by atoms with Gasteiger partial charge in [0.1, 0.15) is 0 Å². The lowest BCUT2D eigenvalue weighted by molar-refractivity contribution is 1.51. The summed E-state index contributed by atoms with van der Waals surface area (Å²) in [6.45, 7) is 4.32. The Morgan fingerprint density at radius 3 is 2.78 bits per heavy atom. The van der Waals surface area contributed by atoms with E-state index in [1.807, 2.05) is 23.1 Å². The van der Waals surface area contributed by atoms with Crippen LogP contribution < -0.4 is 0 Å². The summed E-state index contributed by atoms with van der Waals surface area (Å²) < 4.78 is 1.44. The average Bonchev–Trinajstić information content (AvgIpc) is 2.17. The van der Waals surface area contributed by atoms with Crippen molar-refractivity contribution in [3.63, 3.8) is 0 Å². The normalized spacial score (nSPS) is 10.0. The van der Waals surface area contributed by atoms with Crippen LogP contribution in [0.4, 0.5) is 0 Å². The summed E-state index contributed by atoms with van der Waals surface area (Å²) in [5.41, 5.74) is 0. The van der Waals surface area contributed by atoms with Crippen LogP contribution in [0.2, 0.25) is 0 Å². The lowest BCUT2D eigenvalue weighted by Gasteiger charge is -1.86. The molecule has 0 aromatic carbocycles. The summed E-state index contributed by atoms with van der Waals surface area (Å²) in [6.07, 6.45) is 0. The summed E-state index contributed by atoms with van der Waals surface area (Å²) >= 11 is 3.79. The van der Waals surface area contributed by atoms with Gasteiger partial charge in [0.25, 0.3) is 0 Å². The van der Waals surface area contributed by atoms with Gasteiger partial charge in [-0.25, -0.2) is 0 Å². The molecule has 0 N–H and O–H groups in total. The zero-order valence-electron chi connectivity index (χ0n) is 5.68. The largest absolute Gasteiger partial charge is 0.134 e. The maximum absolute atomic E-state index is 2.19. The second-order valence-electron chi connectivity index (χ2n) is 1.80. The Hall–Kier alpha value is 0.0500. The highest BCUT2D eigenvalue weighted by Crippen LogP contribution is 2.25. The third-order valence-electron chi connectivity index (χ3n) is 1.00. The van der Waals surface area contributed by atoms with Gasteiger partial charge in [0.2, 0.25) is 0 Å². The summed E-state index contributed by atoms with van der Waals surface area (Å²) in [5.74, 6) is 1.18. The minimum absolute atomic E-state index is 1.18. The van der Waals surface area contributed by atoms with E-state index in [9.17, 15) is 0 Å². The molecule has 0 aliphatic carbocycles. The smallest absolute Gasteiger partial charge is 0.0601 e. The molecule has 0 bridgehead atoms. The molecule has 0 atom stereocenters. The van der Waals surface area contributed by atoms with Crippen molar-refractivity contribution in [2.45, 2.75) is 18.1 Å². The van der Waals surface area contributed by atoms with E-state index in [0.29, 0.717) is 0 Å². The summed E-state index contributed by atoms with van der Waals surface area (Å²) in [6, 6.07) is 4.36. The quantitative estimate of drug-likeness (QED) is 0.596. The molecule has 0 spiro atoms. The van der Waals surface area contributed by atoms with Gasteiger partial charge in [0.15, 0.2) is 0 Å². The third-order valence-corrected chi connectivity index (χ3v) is 3.11. The van der Waals surface area contributed by atoms with Crippen LogP contribution in [0.25, 0.3) is 0 Å². The van der Waals surface area contributed by atoms with Gasteiger partial charge in [0.05, 0.1) is 4.21 Å². The zero-order chi connectivity index (χ0) is 6.69. The van der Waals surface area contributed by atoms with Crippen LogP contribution in [-0.4, -0.2) is 5.75 Å². The minimum Gasteiger partial charge on any atom is -0.134 e. The van der Waals surface area contributed by atoms with Gasteiger partial charge < -0.3 is 0 Å². The summed E-state index contributed by atoms with van der Waals surface area (Å²) in [4.78, 5) is 1.41. The molecule has 1 aromatic heterocycles. The van der Waals surface area contributed by atoms with Crippen molar-refractivity contribution in [3.8, 4) is 0 Å². The Labute approximate surface area is 64.3 Å². The fourth-order valence-corrected chi connectivity index (χ4v) is 2.65. The first-order valence-corrected chi connectivity index (χ1v) is 4.82. The van der Waals surface area contributed by atoms with E-state index in [4.69, 9.17) is 0 Å². The van der Waals surface area contributed by atoms with Gasteiger partial charge in [-0.3, -0.25) is 0 Å². The van der Waals surface area contributed by atoms with Gasteiger partial charge in [-0.15, -0.1) is 23.1 Å². The van der Waals surface area contributed by atoms with E-state index in [0.717, 1.165) is 0 Å². The van der Waals surface area contributed by atoms with E-state index in [1.165, 1.54) is 14.8 Å². The Morgan fingerprint density at radius 2 is 2.33 bits per heavy atom. The summed E-state index contributed by atoms with van der Waals surface area (Å²) in [5, 5.41) is 0. The van der Waals surface area contributed by atoms with E-state index in [1.54, 1.807) is 0 Å². The topological polar surface area (TPSA) is 0 Å². The molecule has 50 valence electrons. The molecular weight excluding hydrogens is 148 g/mol. The van der Waals surface area contributed by atoms with Crippen molar-refractivity contribution in [1.82, 2.24) is 0 Å². The number of hydrogen-bond acceptors (Lipinski definition) is 2. The number of thioether (sulfide) groups is 1. The maximum atomic E-state index is 2.19. The van der Waals surface area contributed by atoms with E-state index < -0.39 is 0 Å². The summed E-state index contributed by atoms with van der Waals surface area (Å²) in [7, 11) is 0. The molecule has 0 nitrogen and oxygen atoms in total. The zero-order valence-corrected chi connectivity index (χ0v) is 7.31. The third kappa shape index (κ3) is 2.03. The molecule has 0 aliphatic rings. The fraction of sp³-hybridized carbons (Fsp3) is 0.429. The second kappa shape index (κ2) is 3.28. The number of thiophene rings is 1. The lowest BCUT2D eigenvalue weighted by Crippen LogP contribution is -1.59. The van der Waals surface area contributed by atoms with Crippen LogP contribution in [0.3, 0.4) is 0 Å². The van der Waals surface area contributed by atoms with Crippen molar-refractivity contribution in [2.24, 2.45) is 0 Å². The molecule has 0 unspecified atom stereocenters. The van der Waals surface area contributed by atoms with Gasteiger partial charge in [0, 0.05) is 4.88 Å². The highest BCUT2D eigenvalue weighted by atomic mass is 32.2. The maximum Gasteiger partial charge on any atom is 0.0601 e. The number of aryl methyl sites for hydroxylation is 1. The van der Waals surface area contributed by atoms with Crippen LogP contribution in [0.5, 0.6) is 0 Å². The number of rotatable bonds is 2. The first-order chi connectivity index (χ1) is 4.33. The molecule has 1 aromatic rings. The second-order valence-corrected chi connectivity index (χ2v) is 4.65. The number of hydrogen-bond donors (Lipinski definition) is 0. The van der Waals surface area contributed by atoms with Crippen molar-refractivity contribution in [2.75, 3.05) is 5.75 Å². The Bertz CT molecular complexity index is 179. The lowest BCUT2D eigenvalue weighted by atomic mass is 10.5. The molecule has 0 saturated carbocycles. The Balaban J connectivity index is 2.61. The van der Waals surface area contributed by atoms with Crippen LogP contribution in [0, 0.1) is 6.92 Å². The first kappa shape index (κ1) is 7.16. The Kier molecular flexibility index (Phi) is 2.61. The minimum atomic E-state index is 1.18. The molecule has 0 radical (unpaired) electrons. The molecule has 0 aliphatic heterocycles.